The minimum absolute atomic E-state index is 0.131. The van der Waals surface area contributed by atoms with Crippen LogP contribution in [-0.4, -0.2) is 23.4 Å². The van der Waals surface area contributed by atoms with Gasteiger partial charge in [0, 0.05) is 5.56 Å². The van der Waals surface area contributed by atoms with Gasteiger partial charge in [0.15, 0.2) is 5.78 Å². The van der Waals surface area contributed by atoms with Crippen molar-refractivity contribution in [3.8, 4) is 0 Å². The van der Waals surface area contributed by atoms with Gasteiger partial charge in [0.1, 0.15) is 5.60 Å². The molecule has 0 spiro atoms. The fraction of sp³-hybridized carbons (Fsp3) is 0.385. The lowest BCUT2D eigenvalue weighted by Gasteiger charge is -2.20. The molecule has 0 bridgehead atoms. The van der Waals surface area contributed by atoms with Crippen molar-refractivity contribution in [2.45, 2.75) is 26.4 Å². The molecular formula is C13H15Cl2NO3. The van der Waals surface area contributed by atoms with Gasteiger partial charge in [-0.1, -0.05) is 11.6 Å². The van der Waals surface area contributed by atoms with E-state index in [4.69, 9.17) is 27.9 Å². The number of amides is 1. The third-order valence-corrected chi connectivity index (χ3v) is 2.62. The minimum Gasteiger partial charge on any atom is -0.444 e. The summed E-state index contributed by atoms with van der Waals surface area (Å²) in [6.45, 7) is 5.25. The first-order valence-electron chi connectivity index (χ1n) is 5.61. The van der Waals surface area contributed by atoms with E-state index < -0.39 is 11.7 Å². The predicted octanol–water partition coefficient (Wildman–Crippen LogP) is 4.11. The van der Waals surface area contributed by atoms with Gasteiger partial charge < -0.3 is 4.74 Å². The lowest BCUT2D eigenvalue weighted by Crippen LogP contribution is -2.27. The van der Waals surface area contributed by atoms with Crippen LogP contribution >= 0.6 is 23.2 Å². The number of Topliss-reactive ketones (excluding diaryl/α,β-unsaturated/α-hetero) is 1. The van der Waals surface area contributed by atoms with Gasteiger partial charge in [-0.3, -0.25) is 10.1 Å². The van der Waals surface area contributed by atoms with Crippen LogP contribution in [0.5, 0.6) is 0 Å². The van der Waals surface area contributed by atoms with Crippen LogP contribution in [0.3, 0.4) is 0 Å². The minimum atomic E-state index is -0.634. The van der Waals surface area contributed by atoms with Crippen LogP contribution in [0.2, 0.25) is 5.02 Å². The predicted molar refractivity (Wildman–Crippen MR) is 76.4 cm³/mol. The second kappa shape index (κ2) is 6.26. The third kappa shape index (κ3) is 5.09. The number of alkyl halides is 1. The number of ether oxygens (including phenoxy) is 1. The van der Waals surface area contributed by atoms with Crippen molar-refractivity contribution in [2.75, 3.05) is 11.2 Å². The van der Waals surface area contributed by atoms with Gasteiger partial charge in [-0.15, -0.1) is 11.6 Å². The van der Waals surface area contributed by atoms with Crippen LogP contribution in [0.4, 0.5) is 10.5 Å². The first-order valence-corrected chi connectivity index (χ1v) is 6.53. The van der Waals surface area contributed by atoms with Crippen molar-refractivity contribution in [2.24, 2.45) is 0 Å². The van der Waals surface area contributed by atoms with Crippen LogP contribution in [-0.2, 0) is 4.74 Å². The number of hydrogen-bond acceptors (Lipinski definition) is 3. The molecule has 1 amide bonds. The molecule has 6 heteroatoms. The Labute approximate surface area is 122 Å². The van der Waals surface area contributed by atoms with Gasteiger partial charge in [-0.05, 0) is 39.0 Å². The number of carbonyl (C=O) groups excluding carboxylic acids is 2. The summed E-state index contributed by atoms with van der Waals surface area (Å²) in [4.78, 5) is 23.1. The van der Waals surface area contributed by atoms with Crippen LogP contribution in [0.25, 0.3) is 0 Å². The number of benzene rings is 1. The first-order chi connectivity index (χ1) is 8.73. The monoisotopic (exact) mass is 303 g/mol. The number of anilines is 1. The summed E-state index contributed by atoms with van der Waals surface area (Å²) >= 11 is 11.4. The average molecular weight is 304 g/mol. The maximum atomic E-state index is 11.6. The Hall–Kier alpha value is -1.26. The van der Waals surface area contributed by atoms with Crippen molar-refractivity contribution in [1.82, 2.24) is 0 Å². The lowest BCUT2D eigenvalue weighted by atomic mass is 10.1. The molecule has 0 aliphatic rings. The lowest BCUT2D eigenvalue weighted by molar-refractivity contribution is 0.0635. The SMILES string of the molecule is CC(C)(C)OC(=O)Nc1cc(C(=O)CCl)ccc1Cl. The van der Waals surface area contributed by atoms with Crippen LogP contribution in [0.15, 0.2) is 18.2 Å². The molecule has 0 fully saturated rings. The maximum Gasteiger partial charge on any atom is 0.412 e. The molecule has 1 N–H and O–H groups in total. The van der Waals surface area contributed by atoms with E-state index in [1.165, 1.54) is 12.1 Å². The summed E-state index contributed by atoms with van der Waals surface area (Å²) < 4.78 is 5.10. The quantitative estimate of drug-likeness (QED) is 0.675. The Balaban J connectivity index is 2.88. The smallest absolute Gasteiger partial charge is 0.412 e. The highest BCUT2D eigenvalue weighted by molar-refractivity contribution is 6.34. The largest absolute Gasteiger partial charge is 0.444 e. The Morgan fingerprint density at radius 2 is 1.95 bits per heavy atom. The van der Waals surface area contributed by atoms with E-state index in [2.05, 4.69) is 5.32 Å². The van der Waals surface area contributed by atoms with E-state index >= 15 is 0 Å². The number of halogens is 2. The van der Waals surface area contributed by atoms with Gasteiger partial charge in [-0.25, -0.2) is 4.79 Å². The number of carbonyl (C=O) groups is 2. The Bertz CT molecular complexity index is 495. The molecule has 104 valence electrons. The van der Waals surface area contributed by atoms with Crippen molar-refractivity contribution < 1.29 is 14.3 Å². The highest BCUT2D eigenvalue weighted by atomic mass is 35.5. The van der Waals surface area contributed by atoms with E-state index in [9.17, 15) is 9.59 Å². The van der Waals surface area contributed by atoms with Crippen molar-refractivity contribution in [3.63, 3.8) is 0 Å². The normalized spacial score (nSPS) is 11.0. The van der Waals surface area contributed by atoms with Crippen molar-refractivity contribution >= 4 is 40.8 Å². The molecule has 0 unspecified atom stereocenters. The highest BCUT2D eigenvalue weighted by Crippen LogP contribution is 2.24. The molecule has 0 atom stereocenters. The van der Waals surface area contributed by atoms with Crippen LogP contribution in [0.1, 0.15) is 31.1 Å². The maximum absolute atomic E-state index is 11.6. The highest BCUT2D eigenvalue weighted by Gasteiger charge is 2.17. The van der Waals surface area contributed by atoms with Gasteiger partial charge in [0.05, 0.1) is 16.6 Å². The summed E-state index contributed by atoms with van der Waals surface area (Å²) in [7, 11) is 0. The molecule has 0 saturated carbocycles. The standard InChI is InChI=1S/C13H15Cl2NO3/c1-13(2,3)19-12(18)16-10-6-8(11(17)7-14)4-5-9(10)15/h4-6H,7H2,1-3H3,(H,16,18). The van der Waals surface area contributed by atoms with E-state index in [0.29, 0.717) is 16.3 Å². The van der Waals surface area contributed by atoms with Gasteiger partial charge >= 0.3 is 6.09 Å². The zero-order valence-corrected chi connectivity index (χ0v) is 12.4. The number of hydrogen-bond donors (Lipinski definition) is 1. The summed E-state index contributed by atoms with van der Waals surface area (Å²) in [6.07, 6.45) is -0.634. The zero-order valence-electron chi connectivity index (χ0n) is 10.9. The topological polar surface area (TPSA) is 55.4 Å². The molecule has 0 aromatic heterocycles. The summed E-state index contributed by atoms with van der Waals surface area (Å²) in [6, 6.07) is 4.54. The molecule has 0 saturated heterocycles. The molecular weight excluding hydrogens is 289 g/mol. The van der Waals surface area contributed by atoms with Gasteiger partial charge in [0.2, 0.25) is 0 Å². The van der Waals surface area contributed by atoms with Gasteiger partial charge in [-0.2, -0.15) is 0 Å². The van der Waals surface area contributed by atoms with E-state index in [1.807, 2.05) is 0 Å². The van der Waals surface area contributed by atoms with E-state index in [0.717, 1.165) is 0 Å². The summed E-state index contributed by atoms with van der Waals surface area (Å²) in [5.74, 6) is -0.376. The van der Waals surface area contributed by atoms with Crippen molar-refractivity contribution in [3.05, 3.63) is 28.8 Å². The Morgan fingerprint density at radius 3 is 2.47 bits per heavy atom. The molecule has 19 heavy (non-hydrogen) atoms. The fourth-order valence-electron chi connectivity index (χ4n) is 1.29. The molecule has 0 aliphatic heterocycles. The zero-order chi connectivity index (χ0) is 14.6. The molecule has 1 rings (SSSR count). The number of rotatable bonds is 3. The second-order valence-electron chi connectivity index (χ2n) is 4.88. The summed E-state index contributed by atoms with van der Waals surface area (Å²) in [5, 5.41) is 2.81. The van der Waals surface area contributed by atoms with E-state index in [-0.39, 0.29) is 11.7 Å². The van der Waals surface area contributed by atoms with E-state index in [1.54, 1.807) is 26.8 Å². The first kappa shape index (κ1) is 15.8. The van der Waals surface area contributed by atoms with Crippen LogP contribution < -0.4 is 5.32 Å². The molecule has 0 radical (unpaired) electrons. The molecule has 0 aliphatic carbocycles. The molecule has 0 heterocycles. The summed E-state index contributed by atoms with van der Waals surface area (Å²) in [5.41, 5.74) is 0.0810. The number of ketones is 1. The van der Waals surface area contributed by atoms with Crippen molar-refractivity contribution in [1.29, 1.82) is 0 Å². The third-order valence-electron chi connectivity index (χ3n) is 2.05. The fourth-order valence-corrected chi connectivity index (χ4v) is 1.60. The second-order valence-corrected chi connectivity index (χ2v) is 5.55. The molecule has 4 nitrogen and oxygen atoms in total. The van der Waals surface area contributed by atoms with Crippen LogP contribution in [0, 0.1) is 0 Å². The average Bonchev–Trinajstić information content (AvgIpc) is 2.28. The number of nitrogens with one attached hydrogen (secondary N) is 1. The Morgan fingerprint density at radius 1 is 1.32 bits per heavy atom. The Kier molecular flexibility index (Phi) is 5.20. The molecule has 1 aromatic rings. The van der Waals surface area contributed by atoms with Gasteiger partial charge in [0.25, 0.3) is 0 Å². The molecule has 1 aromatic carbocycles.